The van der Waals surface area contributed by atoms with Crippen LogP contribution in [-0.2, 0) is 6.54 Å². The minimum Gasteiger partial charge on any atom is -0.506 e. The quantitative estimate of drug-likeness (QED) is 0.880. The first-order valence-electron chi connectivity index (χ1n) is 6.42. The van der Waals surface area contributed by atoms with Crippen LogP contribution in [0.4, 0.5) is 10.1 Å². The normalized spacial score (nSPS) is 10.3. The van der Waals surface area contributed by atoms with E-state index in [2.05, 4.69) is 10.3 Å². The number of nitrogens with one attached hydrogen (secondary N) is 1. The van der Waals surface area contributed by atoms with Gasteiger partial charge >= 0.3 is 0 Å². The second kappa shape index (κ2) is 6.23. The molecule has 0 aliphatic heterocycles. The van der Waals surface area contributed by atoms with Gasteiger partial charge in [-0.3, -0.25) is 4.98 Å². The maximum atomic E-state index is 13.2. The zero-order valence-corrected chi connectivity index (χ0v) is 11.5. The molecule has 0 amide bonds. The van der Waals surface area contributed by atoms with Gasteiger partial charge in [-0.15, -0.1) is 0 Å². The molecule has 2 rings (SSSR count). The number of hydrogen-bond donors (Lipinski definition) is 2. The fraction of sp³-hybridized carbons (Fsp3) is 0.267. The van der Waals surface area contributed by atoms with E-state index in [1.54, 1.807) is 18.2 Å². The van der Waals surface area contributed by atoms with E-state index >= 15 is 0 Å². The molecular formula is C15H17FN2O2. The van der Waals surface area contributed by atoms with Gasteiger partial charge in [0.1, 0.15) is 23.0 Å². The molecule has 0 bridgehead atoms. The smallest absolute Gasteiger partial charge is 0.145 e. The van der Waals surface area contributed by atoms with Crippen LogP contribution in [-0.4, -0.2) is 16.7 Å². The lowest BCUT2D eigenvalue weighted by Crippen LogP contribution is -2.05. The lowest BCUT2D eigenvalue weighted by molar-refractivity contribution is 0.339. The number of aromatic hydroxyl groups is 1. The van der Waals surface area contributed by atoms with Gasteiger partial charge in [-0.25, -0.2) is 4.39 Å². The minimum atomic E-state index is -0.351. The fourth-order valence-electron chi connectivity index (χ4n) is 1.83. The maximum absolute atomic E-state index is 13.2. The molecule has 1 heterocycles. The Labute approximate surface area is 117 Å². The van der Waals surface area contributed by atoms with Crippen LogP contribution in [0.1, 0.15) is 18.3 Å². The molecule has 106 valence electrons. The molecule has 2 aromatic rings. The summed E-state index contributed by atoms with van der Waals surface area (Å²) in [5, 5.41) is 12.8. The molecule has 2 N–H and O–H groups in total. The van der Waals surface area contributed by atoms with E-state index in [9.17, 15) is 9.50 Å². The standard InChI is InChI=1S/C15H17FN2O2/c1-3-20-15-8-11(16)5-6-12(15)17-9-13-14(19)7-4-10(2)18-13/h4-8,17,19H,3,9H2,1-2H3. The highest BCUT2D eigenvalue weighted by atomic mass is 19.1. The topological polar surface area (TPSA) is 54.4 Å². The third kappa shape index (κ3) is 3.38. The number of nitrogens with zero attached hydrogens (tertiary/aromatic N) is 1. The van der Waals surface area contributed by atoms with Crippen molar-refractivity contribution >= 4 is 5.69 Å². The number of anilines is 1. The number of rotatable bonds is 5. The van der Waals surface area contributed by atoms with Gasteiger partial charge in [0.25, 0.3) is 0 Å². The van der Waals surface area contributed by atoms with E-state index in [-0.39, 0.29) is 11.6 Å². The van der Waals surface area contributed by atoms with Crippen LogP contribution in [0.25, 0.3) is 0 Å². The molecule has 0 aliphatic rings. The molecule has 0 spiro atoms. The zero-order chi connectivity index (χ0) is 14.5. The average Bonchev–Trinajstić information content (AvgIpc) is 2.42. The van der Waals surface area contributed by atoms with Gasteiger partial charge in [0.15, 0.2) is 0 Å². The lowest BCUT2D eigenvalue weighted by Gasteiger charge is -2.13. The SMILES string of the molecule is CCOc1cc(F)ccc1NCc1nc(C)ccc1O. The number of aryl methyl sites for hydroxylation is 1. The van der Waals surface area contributed by atoms with E-state index < -0.39 is 0 Å². The first-order chi connectivity index (χ1) is 9.60. The van der Waals surface area contributed by atoms with Gasteiger partial charge in [-0.2, -0.15) is 0 Å². The molecule has 1 aromatic carbocycles. The minimum absolute atomic E-state index is 0.128. The second-order valence-electron chi connectivity index (χ2n) is 4.35. The van der Waals surface area contributed by atoms with E-state index in [0.717, 1.165) is 5.69 Å². The maximum Gasteiger partial charge on any atom is 0.145 e. The predicted octanol–water partition coefficient (Wildman–Crippen LogP) is 3.25. The summed E-state index contributed by atoms with van der Waals surface area (Å²) in [6, 6.07) is 7.63. The summed E-state index contributed by atoms with van der Waals surface area (Å²) in [6.45, 7) is 4.47. The molecule has 0 saturated heterocycles. The van der Waals surface area contributed by atoms with Crippen molar-refractivity contribution < 1.29 is 14.2 Å². The molecule has 4 nitrogen and oxygen atoms in total. The second-order valence-corrected chi connectivity index (χ2v) is 4.35. The van der Waals surface area contributed by atoms with Crippen LogP contribution >= 0.6 is 0 Å². The van der Waals surface area contributed by atoms with Gasteiger partial charge in [0.05, 0.1) is 18.8 Å². The summed E-state index contributed by atoms with van der Waals surface area (Å²) in [6.07, 6.45) is 0. The Kier molecular flexibility index (Phi) is 4.40. The molecule has 0 atom stereocenters. The van der Waals surface area contributed by atoms with Gasteiger partial charge in [-0.1, -0.05) is 0 Å². The fourth-order valence-corrected chi connectivity index (χ4v) is 1.83. The van der Waals surface area contributed by atoms with Crippen LogP contribution in [0.5, 0.6) is 11.5 Å². The Balaban J connectivity index is 2.16. The van der Waals surface area contributed by atoms with Crippen molar-refractivity contribution in [1.29, 1.82) is 0 Å². The molecule has 0 unspecified atom stereocenters. The van der Waals surface area contributed by atoms with Crippen molar-refractivity contribution in [2.75, 3.05) is 11.9 Å². The number of benzene rings is 1. The van der Waals surface area contributed by atoms with E-state index in [0.29, 0.717) is 30.3 Å². The Morgan fingerprint density at radius 2 is 2.10 bits per heavy atom. The number of pyridine rings is 1. The van der Waals surface area contributed by atoms with E-state index in [4.69, 9.17) is 4.74 Å². The zero-order valence-electron chi connectivity index (χ0n) is 11.5. The van der Waals surface area contributed by atoms with Crippen LogP contribution in [0.2, 0.25) is 0 Å². The molecule has 0 aliphatic carbocycles. The molecule has 1 aromatic heterocycles. The average molecular weight is 276 g/mol. The largest absolute Gasteiger partial charge is 0.506 e. The Morgan fingerprint density at radius 3 is 2.85 bits per heavy atom. The van der Waals surface area contributed by atoms with E-state index in [1.807, 2.05) is 13.8 Å². The van der Waals surface area contributed by atoms with Gasteiger partial charge < -0.3 is 15.2 Å². The van der Waals surface area contributed by atoms with Crippen molar-refractivity contribution in [3.8, 4) is 11.5 Å². The highest BCUT2D eigenvalue weighted by molar-refractivity contribution is 5.56. The predicted molar refractivity (Wildman–Crippen MR) is 75.5 cm³/mol. The van der Waals surface area contributed by atoms with Crippen molar-refractivity contribution in [1.82, 2.24) is 4.98 Å². The third-order valence-corrected chi connectivity index (χ3v) is 2.78. The highest BCUT2D eigenvalue weighted by Gasteiger charge is 2.07. The summed E-state index contributed by atoms with van der Waals surface area (Å²) < 4.78 is 18.6. The Morgan fingerprint density at radius 1 is 1.30 bits per heavy atom. The number of halogens is 1. The monoisotopic (exact) mass is 276 g/mol. The first kappa shape index (κ1) is 14.1. The van der Waals surface area contributed by atoms with Crippen molar-refractivity contribution in [3.05, 3.63) is 47.5 Å². The summed E-state index contributed by atoms with van der Waals surface area (Å²) in [7, 11) is 0. The van der Waals surface area contributed by atoms with Gasteiger partial charge in [0.2, 0.25) is 0 Å². The molecule has 0 saturated carbocycles. The molecule has 0 radical (unpaired) electrons. The van der Waals surface area contributed by atoms with Crippen LogP contribution < -0.4 is 10.1 Å². The number of ether oxygens (including phenoxy) is 1. The van der Waals surface area contributed by atoms with Gasteiger partial charge in [0, 0.05) is 11.8 Å². The highest BCUT2D eigenvalue weighted by Crippen LogP contribution is 2.26. The van der Waals surface area contributed by atoms with Crippen molar-refractivity contribution in [2.24, 2.45) is 0 Å². The van der Waals surface area contributed by atoms with Crippen molar-refractivity contribution in [2.45, 2.75) is 20.4 Å². The number of hydrogen-bond acceptors (Lipinski definition) is 4. The summed E-state index contributed by atoms with van der Waals surface area (Å²) in [5.41, 5.74) is 2.02. The molecular weight excluding hydrogens is 259 g/mol. The van der Waals surface area contributed by atoms with Crippen molar-refractivity contribution in [3.63, 3.8) is 0 Å². The summed E-state index contributed by atoms with van der Waals surface area (Å²) >= 11 is 0. The summed E-state index contributed by atoms with van der Waals surface area (Å²) in [4.78, 5) is 4.25. The molecule has 5 heteroatoms. The van der Waals surface area contributed by atoms with Crippen LogP contribution in [0, 0.1) is 12.7 Å². The molecule has 20 heavy (non-hydrogen) atoms. The van der Waals surface area contributed by atoms with Crippen LogP contribution in [0.3, 0.4) is 0 Å². The van der Waals surface area contributed by atoms with E-state index in [1.165, 1.54) is 12.1 Å². The Hall–Kier alpha value is -2.30. The summed E-state index contributed by atoms with van der Waals surface area (Å²) in [5.74, 6) is 0.221. The van der Waals surface area contributed by atoms with Gasteiger partial charge in [-0.05, 0) is 38.1 Å². The molecule has 0 fully saturated rings. The lowest BCUT2D eigenvalue weighted by atomic mass is 10.2. The first-order valence-corrected chi connectivity index (χ1v) is 6.42. The Bertz CT molecular complexity index is 602. The van der Waals surface area contributed by atoms with Crippen LogP contribution in [0.15, 0.2) is 30.3 Å². The number of aromatic nitrogens is 1. The third-order valence-electron chi connectivity index (χ3n) is 2.78.